The van der Waals surface area contributed by atoms with Gasteiger partial charge in [0.2, 0.25) is 11.8 Å². The van der Waals surface area contributed by atoms with E-state index in [1.165, 1.54) is 35.6 Å². The molecule has 0 bridgehead atoms. The van der Waals surface area contributed by atoms with Crippen LogP contribution in [0.3, 0.4) is 0 Å². The van der Waals surface area contributed by atoms with Crippen LogP contribution in [-0.4, -0.2) is 39.4 Å². The molecule has 1 N–H and O–H groups in total. The van der Waals surface area contributed by atoms with Crippen molar-refractivity contribution in [3.8, 4) is 11.5 Å². The van der Waals surface area contributed by atoms with Crippen LogP contribution in [0.15, 0.2) is 33.9 Å². The zero-order valence-electron chi connectivity index (χ0n) is 17.7. The van der Waals surface area contributed by atoms with Gasteiger partial charge in [0.15, 0.2) is 0 Å². The van der Waals surface area contributed by atoms with Crippen molar-refractivity contribution in [1.29, 1.82) is 0 Å². The Balaban J connectivity index is 1.41. The minimum atomic E-state index is -0.491. The second kappa shape index (κ2) is 10.1. The van der Waals surface area contributed by atoms with Gasteiger partial charge in [-0.25, -0.2) is 4.79 Å². The van der Waals surface area contributed by atoms with Crippen molar-refractivity contribution in [3.63, 3.8) is 0 Å². The first kappa shape index (κ1) is 22.9. The number of nitrogens with one attached hydrogen (secondary N) is 1. The lowest BCUT2D eigenvalue weighted by Crippen LogP contribution is -2.17. The zero-order chi connectivity index (χ0) is 23.4. The number of thiophene rings is 1. The van der Waals surface area contributed by atoms with Crippen LogP contribution in [0.1, 0.15) is 40.6 Å². The third kappa shape index (κ3) is 5.22. The van der Waals surface area contributed by atoms with Gasteiger partial charge in [-0.1, -0.05) is 11.8 Å². The summed E-state index contributed by atoms with van der Waals surface area (Å²) in [5.41, 5.74) is 1.94. The van der Waals surface area contributed by atoms with E-state index in [9.17, 15) is 19.7 Å². The summed E-state index contributed by atoms with van der Waals surface area (Å²) in [6.07, 6.45) is 3.77. The normalized spacial score (nSPS) is 12.8. The van der Waals surface area contributed by atoms with Gasteiger partial charge in [0.05, 0.1) is 22.8 Å². The quantitative estimate of drug-likeness (QED) is 0.210. The number of ether oxygens (including phenoxy) is 1. The first-order chi connectivity index (χ1) is 16.0. The third-order valence-electron chi connectivity index (χ3n) is 4.96. The fraction of sp³-hybridized carbons (Fsp3) is 0.333. The summed E-state index contributed by atoms with van der Waals surface area (Å²) in [6.45, 7) is 2.02. The molecule has 10 nitrogen and oxygen atoms in total. The van der Waals surface area contributed by atoms with Crippen LogP contribution in [0, 0.1) is 10.1 Å². The standard InChI is InChI=1S/C21H20N4O6S2/c1-2-30-20(27)17-14-5-3-4-6-15(14)33-19(17)22-16(26)11-32-21-24-23-18(31-21)12-7-9-13(10-8-12)25(28)29/h7-10H,2-6,11H2,1H3,(H,22,26). The molecule has 12 heteroatoms. The third-order valence-corrected chi connectivity index (χ3v) is 6.99. The summed E-state index contributed by atoms with van der Waals surface area (Å²) >= 11 is 2.49. The van der Waals surface area contributed by atoms with Crippen LogP contribution in [-0.2, 0) is 22.4 Å². The average molecular weight is 489 g/mol. The van der Waals surface area contributed by atoms with Crippen LogP contribution in [0.25, 0.3) is 11.5 Å². The highest BCUT2D eigenvalue weighted by atomic mass is 32.2. The Kier molecular flexibility index (Phi) is 7.04. The van der Waals surface area contributed by atoms with E-state index < -0.39 is 10.9 Å². The number of fused-ring (bicyclic) bond motifs is 1. The van der Waals surface area contributed by atoms with Gasteiger partial charge in [-0.05, 0) is 50.3 Å². The van der Waals surface area contributed by atoms with E-state index in [-0.39, 0.29) is 35.1 Å². The number of aryl methyl sites for hydroxylation is 1. The molecule has 1 aliphatic rings. The number of anilines is 1. The number of amides is 1. The molecule has 1 aromatic carbocycles. The summed E-state index contributed by atoms with van der Waals surface area (Å²) in [4.78, 5) is 36.5. The van der Waals surface area contributed by atoms with E-state index in [1.54, 1.807) is 6.92 Å². The fourth-order valence-corrected chi connectivity index (χ4v) is 5.33. The predicted molar refractivity (Wildman–Crippen MR) is 123 cm³/mol. The van der Waals surface area contributed by atoms with Crippen molar-refractivity contribution in [1.82, 2.24) is 10.2 Å². The average Bonchev–Trinajstić information content (AvgIpc) is 3.42. The molecule has 172 valence electrons. The number of thioether (sulfide) groups is 1. The van der Waals surface area contributed by atoms with Gasteiger partial charge in [-0.15, -0.1) is 21.5 Å². The summed E-state index contributed by atoms with van der Waals surface area (Å²) in [5.74, 6) is -0.515. The Morgan fingerprint density at radius 2 is 2.00 bits per heavy atom. The fourth-order valence-electron chi connectivity index (χ4n) is 3.47. The Bertz CT molecular complexity index is 1190. The molecular weight excluding hydrogens is 468 g/mol. The maximum Gasteiger partial charge on any atom is 0.341 e. The molecule has 1 amide bonds. The number of esters is 1. The van der Waals surface area contributed by atoms with E-state index in [0.29, 0.717) is 16.1 Å². The molecule has 1 aliphatic carbocycles. The summed E-state index contributed by atoms with van der Waals surface area (Å²) in [5, 5.41) is 22.2. The Morgan fingerprint density at radius 1 is 1.24 bits per heavy atom. The molecule has 2 aromatic heterocycles. The summed E-state index contributed by atoms with van der Waals surface area (Å²) < 4.78 is 10.8. The van der Waals surface area contributed by atoms with Crippen molar-refractivity contribution in [3.05, 3.63) is 50.4 Å². The highest BCUT2D eigenvalue weighted by Gasteiger charge is 2.27. The summed E-state index contributed by atoms with van der Waals surface area (Å²) in [6, 6.07) is 5.73. The van der Waals surface area contributed by atoms with Crippen molar-refractivity contribution in [2.45, 2.75) is 37.8 Å². The van der Waals surface area contributed by atoms with Crippen molar-refractivity contribution >= 4 is 45.7 Å². The molecule has 33 heavy (non-hydrogen) atoms. The highest BCUT2D eigenvalue weighted by molar-refractivity contribution is 7.99. The highest BCUT2D eigenvalue weighted by Crippen LogP contribution is 2.38. The number of carbonyl (C=O) groups is 2. The number of non-ortho nitro benzene ring substituents is 1. The van der Waals surface area contributed by atoms with Gasteiger partial charge in [0, 0.05) is 22.6 Å². The molecule has 0 atom stereocenters. The number of nitro benzene ring substituents is 1. The molecule has 2 heterocycles. The molecular formula is C21H20N4O6S2. The summed E-state index contributed by atoms with van der Waals surface area (Å²) in [7, 11) is 0. The lowest BCUT2D eigenvalue weighted by atomic mass is 9.95. The Hall–Kier alpha value is -3.25. The van der Waals surface area contributed by atoms with Gasteiger partial charge >= 0.3 is 5.97 Å². The minimum absolute atomic E-state index is 0.00667. The van der Waals surface area contributed by atoms with Crippen LogP contribution < -0.4 is 5.32 Å². The van der Waals surface area contributed by atoms with Crippen LogP contribution in [0.2, 0.25) is 0 Å². The largest absolute Gasteiger partial charge is 0.462 e. The van der Waals surface area contributed by atoms with Crippen LogP contribution in [0.5, 0.6) is 0 Å². The maximum absolute atomic E-state index is 12.6. The first-order valence-corrected chi connectivity index (χ1v) is 12.1. The molecule has 0 aliphatic heterocycles. The van der Waals surface area contributed by atoms with Gasteiger partial charge in [0.1, 0.15) is 5.00 Å². The number of nitrogens with zero attached hydrogens (tertiary/aromatic N) is 3. The number of rotatable bonds is 8. The monoisotopic (exact) mass is 488 g/mol. The van der Waals surface area contributed by atoms with Gasteiger partial charge in [-0.2, -0.15) is 0 Å². The van der Waals surface area contributed by atoms with Crippen molar-refractivity contribution < 1.29 is 23.7 Å². The first-order valence-electron chi connectivity index (χ1n) is 10.3. The smallest absolute Gasteiger partial charge is 0.341 e. The van der Waals surface area contributed by atoms with Gasteiger partial charge < -0.3 is 14.5 Å². The topological polar surface area (TPSA) is 137 Å². The molecule has 0 saturated carbocycles. The second-order valence-corrected chi connectivity index (χ2v) is 9.18. The van der Waals surface area contributed by atoms with Gasteiger partial charge in [-0.3, -0.25) is 14.9 Å². The van der Waals surface area contributed by atoms with Crippen LogP contribution in [0.4, 0.5) is 10.7 Å². The molecule has 4 rings (SSSR count). The number of nitro groups is 1. The molecule has 0 radical (unpaired) electrons. The zero-order valence-corrected chi connectivity index (χ0v) is 19.3. The maximum atomic E-state index is 12.6. The molecule has 0 spiro atoms. The lowest BCUT2D eigenvalue weighted by Gasteiger charge is -2.12. The number of carbonyl (C=O) groups excluding carboxylic acids is 2. The van der Waals surface area contributed by atoms with E-state index >= 15 is 0 Å². The number of benzene rings is 1. The predicted octanol–water partition coefficient (Wildman–Crippen LogP) is 4.49. The molecule has 0 fully saturated rings. The lowest BCUT2D eigenvalue weighted by molar-refractivity contribution is -0.384. The van der Waals surface area contributed by atoms with E-state index in [1.807, 2.05) is 0 Å². The number of aromatic nitrogens is 2. The van der Waals surface area contributed by atoms with Crippen LogP contribution >= 0.6 is 23.1 Å². The van der Waals surface area contributed by atoms with E-state index in [0.717, 1.165) is 47.9 Å². The minimum Gasteiger partial charge on any atom is -0.462 e. The Labute approximate surface area is 196 Å². The number of hydrogen-bond donors (Lipinski definition) is 1. The molecule has 3 aromatic rings. The Morgan fingerprint density at radius 3 is 2.73 bits per heavy atom. The number of hydrogen-bond acceptors (Lipinski definition) is 10. The van der Waals surface area contributed by atoms with E-state index in [4.69, 9.17) is 9.15 Å². The molecule has 0 unspecified atom stereocenters. The van der Waals surface area contributed by atoms with Crippen molar-refractivity contribution in [2.75, 3.05) is 17.7 Å². The van der Waals surface area contributed by atoms with E-state index in [2.05, 4.69) is 15.5 Å². The van der Waals surface area contributed by atoms with Crippen molar-refractivity contribution in [2.24, 2.45) is 0 Å². The SMILES string of the molecule is CCOC(=O)c1c(NC(=O)CSc2nnc(-c3ccc([N+](=O)[O-])cc3)o2)sc2c1CCCC2. The molecule has 0 saturated heterocycles. The second-order valence-electron chi connectivity index (χ2n) is 7.15. The van der Waals surface area contributed by atoms with Gasteiger partial charge in [0.25, 0.3) is 10.9 Å².